The van der Waals surface area contributed by atoms with Crippen molar-refractivity contribution in [3.8, 4) is 0 Å². The van der Waals surface area contributed by atoms with Crippen LogP contribution in [0.25, 0.3) is 11.0 Å². The number of nitrogens with zero attached hydrogens (tertiary/aromatic N) is 2. The summed E-state index contributed by atoms with van der Waals surface area (Å²) in [6, 6.07) is 9.10. The van der Waals surface area contributed by atoms with Gasteiger partial charge in [0.05, 0.1) is 11.0 Å². The summed E-state index contributed by atoms with van der Waals surface area (Å²) in [5.74, 6) is 3.87. The van der Waals surface area contributed by atoms with E-state index in [1.807, 2.05) is 0 Å². The number of hydrogen-bond donors (Lipinski definition) is 1. The number of aromatic nitrogens is 2. The van der Waals surface area contributed by atoms with E-state index in [0.717, 1.165) is 50.5 Å². The predicted molar refractivity (Wildman–Crippen MR) is 120 cm³/mol. The number of rotatable bonds is 6. The van der Waals surface area contributed by atoms with Gasteiger partial charge in [-0.15, -0.1) is 0 Å². The van der Waals surface area contributed by atoms with Crippen molar-refractivity contribution < 1.29 is 4.74 Å². The molecule has 158 valence electrons. The van der Waals surface area contributed by atoms with E-state index in [1.54, 1.807) is 5.57 Å². The fourth-order valence-corrected chi connectivity index (χ4v) is 5.31. The smallest absolute Gasteiger partial charge is 0.110 e. The van der Waals surface area contributed by atoms with Crippen molar-refractivity contribution >= 4 is 11.0 Å². The molecule has 4 heteroatoms. The molecule has 1 aromatic carbocycles. The van der Waals surface area contributed by atoms with E-state index in [2.05, 4.69) is 68.0 Å². The van der Waals surface area contributed by atoms with Gasteiger partial charge in [0.15, 0.2) is 0 Å². The monoisotopic (exact) mass is 395 g/mol. The van der Waals surface area contributed by atoms with E-state index in [4.69, 9.17) is 9.72 Å². The maximum Gasteiger partial charge on any atom is 0.110 e. The number of allylic oxidation sites excluding steroid dienone is 1. The Morgan fingerprint density at radius 2 is 1.97 bits per heavy atom. The molecule has 4 nitrogen and oxygen atoms in total. The summed E-state index contributed by atoms with van der Waals surface area (Å²) in [5.41, 5.74) is 3.90. The molecule has 1 aliphatic carbocycles. The summed E-state index contributed by atoms with van der Waals surface area (Å²) in [6.45, 7) is 10.0. The molecule has 29 heavy (non-hydrogen) atoms. The summed E-state index contributed by atoms with van der Waals surface area (Å²) in [5, 5.41) is 3.85. The van der Waals surface area contributed by atoms with Gasteiger partial charge in [-0.2, -0.15) is 0 Å². The number of para-hydroxylation sites is 2. The van der Waals surface area contributed by atoms with Gasteiger partial charge < -0.3 is 14.6 Å². The SMILES string of the molecule is CC1=CC(CNC2CCOCC2)C(C(C)C)CC1Cc1nc2ccccc2n1C. The quantitative estimate of drug-likeness (QED) is 0.718. The first-order valence-corrected chi connectivity index (χ1v) is 11.4. The standard InChI is InChI=1S/C25H37N3O/c1-17(2)22-14-19(15-25-27-23-7-5-6-8-24(23)28(25)4)18(3)13-20(22)16-26-21-9-11-29-12-10-21/h5-8,13,17,19-22,26H,9-12,14-16H2,1-4H3. The molecular formula is C25H37N3O. The Labute approximate surface area is 175 Å². The van der Waals surface area contributed by atoms with Crippen molar-refractivity contribution in [1.29, 1.82) is 0 Å². The van der Waals surface area contributed by atoms with Gasteiger partial charge in [-0.25, -0.2) is 4.98 Å². The van der Waals surface area contributed by atoms with E-state index < -0.39 is 0 Å². The lowest BCUT2D eigenvalue weighted by Gasteiger charge is -2.38. The Morgan fingerprint density at radius 1 is 1.21 bits per heavy atom. The lowest BCUT2D eigenvalue weighted by Crippen LogP contribution is -2.41. The highest BCUT2D eigenvalue weighted by atomic mass is 16.5. The first-order valence-electron chi connectivity index (χ1n) is 11.4. The van der Waals surface area contributed by atoms with Crippen LogP contribution in [-0.4, -0.2) is 35.4 Å². The first-order chi connectivity index (χ1) is 14.0. The molecule has 3 unspecified atom stereocenters. The molecule has 1 fully saturated rings. The second-order valence-corrected chi connectivity index (χ2v) is 9.49. The van der Waals surface area contributed by atoms with Crippen LogP contribution < -0.4 is 5.32 Å². The molecular weight excluding hydrogens is 358 g/mol. The van der Waals surface area contributed by atoms with Crippen LogP contribution in [-0.2, 0) is 18.2 Å². The van der Waals surface area contributed by atoms with Crippen LogP contribution in [0, 0.1) is 23.7 Å². The molecule has 3 atom stereocenters. The topological polar surface area (TPSA) is 39.1 Å². The number of ether oxygens (including phenoxy) is 1. The number of fused-ring (bicyclic) bond motifs is 1. The van der Waals surface area contributed by atoms with Crippen LogP contribution in [0.4, 0.5) is 0 Å². The molecule has 2 aliphatic rings. The molecule has 0 spiro atoms. The lowest BCUT2D eigenvalue weighted by molar-refractivity contribution is 0.0757. The van der Waals surface area contributed by atoms with Crippen molar-refractivity contribution in [2.75, 3.05) is 19.8 Å². The van der Waals surface area contributed by atoms with Crippen LogP contribution in [0.1, 0.15) is 45.9 Å². The largest absolute Gasteiger partial charge is 0.381 e. The molecule has 0 saturated carbocycles. The van der Waals surface area contributed by atoms with E-state index in [1.165, 1.54) is 17.8 Å². The first kappa shape index (κ1) is 20.6. The number of benzene rings is 1. The molecule has 2 aromatic rings. The Balaban J connectivity index is 1.47. The fourth-order valence-electron chi connectivity index (χ4n) is 5.31. The summed E-state index contributed by atoms with van der Waals surface area (Å²) in [6.07, 6.45) is 7.18. The van der Waals surface area contributed by atoms with Crippen molar-refractivity contribution in [1.82, 2.24) is 14.9 Å². The molecule has 1 N–H and O–H groups in total. The Kier molecular flexibility index (Phi) is 6.41. The Morgan fingerprint density at radius 3 is 2.69 bits per heavy atom. The molecule has 0 bridgehead atoms. The minimum atomic E-state index is 0.595. The third kappa shape index (κ3) is 4.59. The highest BCUT2D eigenvalue weighted by Crippen LogP contribution is 2.39. The molecule has 0 radical (unpaired) electrons. The number of imidazole rings is 1. The predicted octanol–water partition coefficient (Wildman–Crippen LogP) is 4.74. The molecule has 2 heterocycles. The Hall–Kier alpha value is -1.65. The molecule has 4 rings (SSSR count). The van der Waals surface area contributed by atoms with Gasteiger partial charge in [0.1, 0.15) is 5.82 Å². The van der Waals surface area contributed by atoms with Crippen LogP contribution in [0.5, 0.6) is 0 Å². The third-order valence-electron chi connectivity index (χ3n) is 7.26. The average Bonchev–Trinajstić information content (AvgIpc) is 3.04. The molecule has 1 aromatic heterocycles. The van der Waals surface area contributed by atoms with Crippen LogP contribution >= 0.6 is 0 Å². The zero-order chi connectivity index (χ0) is 20.4. The van der Waals surface area contributed by atoms with E-state index in [0.29, 0.717) is 23.8 Å². The second-order valence-electron chi connectivity index (χ2n) is 9.49. The summed E-state index contributed by atoms with van der Waals surface area (Å²) in [4.78, 5) is 4.94. The van der Waals surface area contributed by atoms with Gasteiger partial charge >= 0.3 is 0 Å². The van der Waals surface area contributed by atoms with E-state index in [-0.39, 0.29) is 0 Å². The second kappa shape index (κ2) is 9.01. The minimum Gasteiger partial charge on any atom is -0.381 e. The summed E-state index contributed by atoms with van der Waals surface area (Å²) in [7, 11) is 2.16. The van der Waals surface area contributed by atoms with Gasteiger partial charge in [-0.1, -0.05) is 37.6 Å². The maximum absolute atomic E-state index is 5.51. The van der Waals surface area contributed by atoms with Crippen molar-refractivity contribution in [2.24, 2.45) is 30.7 Å². The Bertz CT molecular complexity index is 847. The lowest BCUT2D eigenvalue weighted by atomic mass is 9.69. The number of aryl methyl sites for hydroxylation is 1. The number of hydrogen-bond acceptors (Lipinski definition) is 3. The third-order valence-corrected chi connectivity index (χ3v) is 7.26. The highest BCUT2D eigenvalue weighted by molar-refractivity contribution is 5.75. The van der Waals surface area contributed by atoms with Crippen molar-refractivity contribution in [3.63, 3.8) is 0 Å². The summed E-state index contributed by atoms with van der Waals surface area (Å²) >= 11 is 0. The fraction of sp³-hybridized carbons (Fsp3) is 0.640. The average molecular weight is 396 g/mol. The molecule has 1 saturated heterocycles. The molecule has 1 aliphatic heterocycles. The normalized spacial score (nSPS) is 26.2. The van der Waals surface area contributed by atoms with Gasteiger partial charge in [0.2, 0.25) is 0 Å². The van der Waals surface area contributed by atoms with Crippen LogP contribution in [0.2, 0.25) is 0 Å². The zero-order valence-corrected chi connectivity index (χ0v) is 18.5. The molecule has 0 amide bonds. The van der Waals surface area contributed by atoms with Gasteiger partial charge in [0.25, 0.3) is 0 Å². The van der Waals surface area contributed by atoms with E-state index in [9.17, 15) is 0 Å². The zero-order valence-electron chi connectivity index (χ0n) is 18.5. The van der Waals surface area contributed by atoms with Gasteiger partial charge in [-0.3, -0.25) is 0 Å². The highest BCUT2D eigenvalue weighted by Gasteiger charge is 2.32. The van der Waals surface area contributed by atoms with Crippen molar-refractivity contribution in [2.45, 2.75) is 52.5 Å². The van der Waals surface area contributed by atoms with Crippen molar-refractivity contribution in [3.05, 3.63) is 41.7 Å². The van der Waals surface area contributed by atoms with Crippen LogP contribution in [0.3, 0.4) is 0 Å². The number of nitrogens with one attached hydrogen (secondary N) is 1. The minimum absolute atomic E-state index is 0.595. The van der Waals surface area contributed by atoms with Crippen LogP contribution in [0.15, 0.2) is 35.9 Å². The summed E-state index contributed by atoms with van der Waals surface area (Å²) < 4.78 is 7.79. The van der Waals surface area contributed by atoms with E-state index >= 15 is 0 Å². The van der Waals surface area contributed by atoms with Gasteiger partial charge in [-0.05, 0) is 62.0 Å². The maximum atomic E-state index is 5.51. The van der Waals surface area contributed by atoms with Gasteiger partial charge in [0, 0.05) is 39.3 Å².